The molecule has 0 aliphatic carbocycles. The largest absolute Gasteiger partial charge is 0.471 e. The van der Waals surface area contributed by atoms with E-state index >= 15 is 0 Å². The number of hydrogen-bond donors (Lipinski definition) is 0. The Morgan fingerprint density at radius 3 is 3.00 bits per heavy atom. The van der Waals surface area contributed by atoms with Crippen molar-refractivity contribution in [3.63, 3.8) is 0 Å². The summed E-state index contributed by atoms with van der Waals surface area (Å²) in [4.78, 5) is 22.5. The van der Waals surface area contributed by atoms with E-state index in [4.69, 9.17) is 9.26 Å². The van der Waals surface area contributed by atoms with Crippen molar-refractivity contribution in [2.75, 3.05) is 13.1 Å². The Morgan fingerprint density at radius 2 is 2.29 bits per heavy atom. The van der Waals surface area contributed by atoms with E-state index in [9.17, 15) is 4.79 Å². The fraction of sp³-hybridized carbons (Fsp3) is 0.529. The minimum Gasteiger partial charge on any atom is -0.471 e. The molecule has 0 radical (unpaired) electrons. The number of likely N-dealkylation sites (tertiary alicyclic amines) is 1. The van der Waals surface area contributed by atoms with E-state index in [1.807, 2.05) is 18.7 Å². The summed E-state index contributed by atoms with van der Waals surface area (Å²) in [5.74, 6) is 1.44. The zero-order valence-electron chi connectivity index (χ0n) is 14.1. The number of hydrogen-bond acceptors (Lipinski definition) is 6. The van der Waals surface area contributed by atoms with Crippen molar-refractivity contribution < 1.29 is 14.1 Å². The molecule has 1 atom stereocenters. The van der Waals surface area contributed by atoms with Crippen LogP contribution in [0, 0.1) is 13.8 Å². The molecule has 0 N–H and O–H groups in total. The summed E-state index contributed by atoms with van der Waals surface area (Å²) >= 11 is 0. The summed E-state index contributed by atoms with van der Waals surface area (Å²) in [6.07, 6.45) is 7.75. The second kappa shape index (κ2) is 7.42. The third-order valence-corrected chi connectivity index (χ3v) is 4.33. The van der Waals surface area contributed by atoms with Crippen LogP contribution in [0.1, 0.15) is 36.3 Å². The van der Waals surface area contributed by atoms with Gasteiger partial charge in [0.05, 0.1) is 18.4 Å². The topological polar surface area (TPSA) is 81.4 Å². The fourth-order valence-corrected chi connectivity index (χ4v) is 3.03. The minimum absolute atomic E-state index is 0.0292. The van der Waals surface area contributed by atoms with Gasteiger partial charge in [-0.2, -0.15) is 0 Å². The van der Waals surface area contributed by atoms with Gasteiger partial charge in [-0.1, -0.05) is 5.16 Å². The van der Waals surface area contributed by atoms with Gasteiger partial charge in [0, 0.05) is 30.9 Å². The van der Waals surface area contributed by atoms with Crippen LogP contribution in [0.4, 0.5) is 0 Å². The number of aromatic nitrogens is 3. The molecule has 0 aromatic carbocycles. The Kier molecular flexibility index (Phi) is 5.08. The Hall–Kier alpha value is -2.44. The average molecular weight is 330 g/mol. The molecule has 3 heterocycles. The average Bonchev–Trinajstić information content (AvgIpc) is 2.92. The molecule has 7 heteroatoms. The van der Waals surface area contributed by atoms with Gasteiger partial charge in [-0.3, -0.25) is 9.78 Å². The van der Waals surface area contributed by atoms with Gasteiger partial charge in [0.1, 0.15) is 11.9 Å². The smallest absolute Gasteiger partial charge is 0.232 e. The van der Waals surface area contributed by atoms with Crippen molar-refractivity contribution >= 4 is 5.91 Å². The number of nitrogens with zero attached hydrogens (tertiary/aromatic N) is 4. The van der Waals surface area contributed by atoms with Crippen LogP contribution in [0.5, 0.6) is 5.88 Å². The molecule has 128 valence electrons. The first-order valence-corrected chi connectivity index (χ1v) is 8.25. The summed E-state index contributed by atoms with van der Waals surface area (Å²) in [5.41, 5.74) is 1.90. The highest BCUT2D eigenvalue weighted by atomic mass is 16.5. The van der Waals surface area contributed by atoms with Gasteiger partial charge in [-0.25, -0.2) is 4.98 Å². The van der Waals surface area contributed by atoms with Crippen LogP contribution in [-0.2, 0) is 11.2 Å². The number of piperidine rings is 1. The molecule has 0 spiro atoms. The molecular formula is C17H22N4O3. The molecule has 0 bridgehead atoms. The lowest BCUT2D eigenvalue weighted by Gasteiger charge is -2.32. The van der Waals surface area contributed by atoms with Crippen molar-refractivity contribution in [2.45, 2.75) is 45.6 Å². The molecule has 1 amide bonds. The van der Waals surface area contributed by atoms with Gasteiger partial charge in [0.15, 0.2) is 0 Å². The van der Waals surface area contributed by atoms with Gasteiger partial charge in [-0.15, -0.1) is 0 Å². The van der Waals surface area contributed by atoms with E-state index in [1.165, 1.54) is 0 Å². The van der Waals surface area contributed by atoms with E-state index in [-0.39, 0.29) is 12.0 Å². The number of rotatable bonds is 5. The molecule has 1 saturated heterocycles. The van der Waals surface area contributed by atoms with Crippen LogP contribution in [0.3, 0.4) is 0 Å². The van der Waals surface area contributed by atoms with Gasteiger partial charge in [-0.05, 0) is 33.1 Å². The Morgan fingerprint density at radius 1 is 1.42 bits per heavy atom. The van der Waals surface area contributed by atoms with E-state index in [0.29, 0.717) is 25.3 Å². The van der Waals surface area contributed by atoms with E-state index < -0.39 is 0 Å². The zero-order valence-corrected chi connectivity index (χ0v) is 14.1. The van der Waals surface area contributed by atoms with E-state index in [1.54, 1.807) is 18.6 Å². The van der Waals surface area contributed by atoms with Crippen LogP contribution in [-0.4, -0.2) is 45.1 Å². The zero-order chi connectivity index (χ0) is 16.9. The Bertz CT molecular complexity index is 667. The maximum absolute atomic E-state index is 12.5. The fourth-order valence-electron chi connectivity index (χ4n) is 3.03. The first-order valence-electron chi connectivity index (χ1n) is 8.25. The molecule has 24 heavy (non-hydrogen) atoms. The van der Waals surface area contributed by atoms with Crippen LogP contribution in [0.15, 0.2) is 23.1 Å². The first-order chi connectivity index (χ1) is 11.6. The molecule has 1 aliphatic rings. The highest BCUT2D eigenvalue weighted by Gasteiger charge is 2.25. The van der Waals surface area contributed by atoms with Crippen LogP contribution in [0.25, 0.3) is 0 Å². The monoisotopic (exact) mass is 330 g/mol. The highest BCUT2D eigenvalue weighted by Crippen LogP contribution is 2.19. The molecule has 1 fully saturated rings. The SMILES string of the molecule is Cc1noc(C)c1CCC(=O)N1CCCC(Oc2cnccn2)C1. The minimum atomic E-state index is -0.0292. The summed E-state index contributed by atoms with van der Waals surface area (Å²) < 4.78 is 11.0. The van der Waals surface area contributed by atoms with Gasteiger partial charge >= 0.3 is 0 Å². The summed E-state index contributed by atoms with van der Waals surface area (Å²) in [7, 11) is 0. The van der Waals surface area contributed by atoms with E-state index in [0.717, 1.165) is 36.4 Å². The number of ether oxygens (including phenoxy) is 1. The lowest BCUT2D eigenvalue weighted by atomic mass is 10.1. The van der Waals surface area contributed by atoms with Crippen molar-refractivity contribution in [1.29, 1.82) is 0 Å². The standard InChI is InChI=1S/C17H22N4O3/c1-12-15(13(2)24-20-12)5-6-17(22)21-9-3-4-14(11-21)23-16-10-18-7-8-19-16/h7-8,10,14H,3-6,9,11H2,1-2H3. The lowest BCUT2D eigenvalue weighted by Crippen LogP contribution is -2.44. The molecule has 3 rings (SSSR count). The number of carbonyl (C=O) groups excluding carboxylic acids is 1. The van der Waals surface area contributed by atoms with Gasteiger partial charge in [0.25, 0.3) is 0 Å². The van der Waals surface area contributed by atoms with Crippen molar-refractivity contribution in [3.05, 3.63) is 35.6 Å². The lowest BCUT2D eigenvalue weighted by molar-refractivity contribution is -0.133. The molecule has 1 unspecified atom stereocenters. The molecule has 7 nitrogen and oxygen atoms in total. The molecule has 0 saturated carbocycles. The predicted octanol–water partition coefficient (Wildman–Crippen LogP) is 2.08. The predicted molar refractivity (Wildman–Crippen MR) is 86.6 cm³/mol. The maximum atomic E-state index is 12.5. The molecule has 2 aromatic rings. The van der Waals surface area contributed by atoms with Crippen LogP contribution < -0.4 is 4.74 Å². The third kappa shape index (κ3) is 3.90. The van der Waals surface area contributed by atoms with E-state index in [2.05, 4.69) is 15.1 Å². The quantitative estimate of drug-likeness (QED) is 0.835. The first kappa shape index (κ1) is 16.4. The molecule has 1 aliphatic heterocycles. The summed E-state index contributed by atoms with van der Waals surface area (Å²) in [5, 5.41) is 3.93. The van der Waals surface area contributed by atoms with Gasteiger partial charge < -0.3 is 14.2 Å². The second-order valence-electron chi connectivity index (χ2n) is 6.07. The molecular weight excluding hydrogens is 308 g/mol. The third-order valence-electron chi connectivity index (χ3n) is 4.33. The molecule has 2 aromatic heterocycles. The van der Waals surface area contributed by atoms with Crippen molar-refractivity contribution in [2.24, 2.45) is 0 Å². The summed E-state index contributed by atoms with van der Waals surface area (Å²) in [6.45, 7) is 5.16. The highest BCUT2D eigenvalue weighted by molar-refractivity contribution is 5.76. The Balaban J connectivity index is 1.53. The van der Waals surface area contributed by atoms with Crippen molar-refractivity contribution in [3.8, 4) is 5.88 Å². The Labute approximate surface area is 141 Å². The number of aryl methyl sites for hydroxylation is 2. The maximum Gasteiger partial charge on any atom is 0.232 e. The normalized spacial score (nSPS) is 17.8. The number of amides is 1. The van der Waals surface area contributed by atoms with Crippen molar-refractivity contribution in [1.82, 2.24) is 20.0 Å². The van der Waals surface area contributed by atoms with Crippen LogP contribution >= 0.6 is 0 Å². The van der Waals surface area contributed by atoms with Crippen LogP contribution in [0.2, 0.25) is 0 Å². The van der Waals surface area contributed by atoms with Gasteiger partial charge in [0.2, 0.25) is 11.8 Å². The summed E-state index contributed by atoms with van der Waals surface area (Å²) in [6, 6.07) is 0. The second-order valence-corrected chi connectivity index (χ2v) is 6.07. The number of carbonyl (C=O) groups is 1.